The van der Waals surface area contributed by atoms with Gasteiger partial charge in [0.05, 0.1) is 6.61 Å². The Kier molecular flexibility index (Phi) is 5.25. The van der Waals surface area contributed by atoms with Gasteiger partial charge >= 0.3 is 12.0 Å². The Hall–Kier alpha value is -1.26. The normalized spacial score (nSPS) is 19.9. The van der Waals surface area contributed by atoms with Gasteiger partial charge in [-0.1, -0.05) is 6.92 Å². The molecule has 2 amide bonds. The number of carbonyl (C=O) groups excluding carboxylic acids is 2. The first-order valence-corrected chi connectivity index (χ1v) is 6.20. The lowest BCUT2D eigenvalue weighted by Crippen LogP contribution is -2.47. The predicted octanol–water partition coefficient (Wildman–Crippen LogP) is 1.33. The van der Waals surface area contributed by atoms with E-state index in [1.54, 1.807) is 14.0 Å². The topological polar surface area (TPSA) is 49.9 Å². The van der Waals surface area contributed by atoms with E-state index in [1.807, 2.05) is 4.90 Å². The summed E-state index contributed by atoms with van der Waals surface area (Å²) >= 11 is 0. The van der Waals surface area contributed by atoms with Crippen LogP contribution in [0.5, 0.6) is 0 Å². The van der Waals surface area contributed by atoms with Crippen molar-refractivity contribution >= 4 is 12.0 Å². The van der Waals surface area contributed by atoms with Crippen LogP contribution in [0.2, 0.25) is 0 Å². The molecule has 0 aromatic heterocycles. The quantitative estimate of drug-likeness (QED) is 0.702. The monoisotopic (exact) mass is 242 g/mol. The van der Waals surface area contributed by atoms with E-state index in [0.29, 0.717) is 12.5 Å². The van der Waals surface area contributed by atoms with Crippen LogP contribution in [0.25, 0.3) is 0 Å². The fraction of sp³-hybridized carbons (Fsp3) is 0.833. The Morgan fingerprint density at radius 1 is 1.47 bits per heavy atom. The number of hydrogen-bond donors (Lipinski definition) is 0. The second kappa shape index (κ2) is 6.47. The molecule has 0 aliphatic carbocycles. The molecule has 0 bridgehead atoms. The summed E-state index contributed by atoms with van der Waals surface area (Å²) in [5.74, 6) is 0.192. The van der Waals surface area contributed by atoms with Gasteiger partial charge in [-0.15, -0.1) is 0 Å². The molecule has 1 aliphatic heterocycles. The molecule has 5 nitrogen and oxygen atoms in total. The third-order valence-electron chi connectivity index (χ3n) is 2.93. The third kappa shape index (κ3) is 4.24. The van der Waals surface area contributed by atoms with Gasteiger partial charge in [0.1, 0.15) is 6.54 Å². The molecule has 1 aliphatic rings. The molecular formula is C12H22N2O3. The van der Waals surface area contributed by atoms with Crippen LogP contribution in [0.15, 0.2) is 0 Å². The number of piperidine rings is 1. The number of esters is 1. The molecule has 0 radical (unpaired) electrons. The van der Waals surface area contributed by atoms with Crippen LogP contribution in [-0.4, -0.2) is 55.1 Å². The fourth-order valence-electron chi connectivity index (χ4n) is 2.07. The van der Waals surface area contributed by atoms with Crippen LogP contribution in [0.4, 0.5) is 4.79 Å². The van der Waals surface area contributed by atoms with Crippen molar-refractivity contribution in [3.8, 4) is 0 Å². The minimum atomic E-state index is -0.353. The van der Waals surface area contributed by atoms with E-state index < -0.39 is 0 Å². The van der Waals surface area contributed by atoms with Crippen LogP contribution >= 0.6 is 0 Å². The van der Waals surface area contributed by atoms with Gasteiger partial charge in [-0.2, -0.15) is 0 Å². The first-order valence-electron chi connectivity index (χ1n) is 6.20. The highest BCUT2D eigenvalue weighted by Crippen LogP contribution is 2.16. The van der Waals surface area contributed by atoms with Crippen molar-refractivity contribution in [3.05, 3.63) is 0 Å². The van der Waals surface area contributed by atoms with Gasteiger partial charge in [0.2, 0.25) is 0 Å². The highest BCUT2D eigenvalue weighted by atomic mass is 16.5. The Morgan fingerprint density at radius 3 is 2.76 bits per heavy atom. The number of likely N-dealkylation sites (N-methyl/N-ethyl adjacent to an activating group) is 1. The molecule has 0 N–H and O–H groups in total. The number of hydrogen-bond acceptors (Lipinski definition) is 3. The summed E-state index contributed by atoms with van der Waals surface area (Å²) in [6.07, 6.45) is 2.21. The summed E-state index contributed by atoms with van der Waals surface area (Å²) in [5.41, 5.74) is 0. The maximum absolute atomic E-state index is 12.0. The van der Waals surface area contributed by atoms with Crippen molar-refractivity contribution < 1.29 is 14.3 Å². The maximum Gasteiger partial charge on any atom is 0.325 e. The molecule has 5 heteroatoms. The molecule has 1 heterocycles. The number of rotatable bonds is 3. The Bertz CT molecular complexity index is 281. The van der Waals surface area contributed by atoms with Gasteiger partial charge in [0.15, 0.2) is 0 Å². The van der Waals surface area contributed by atoms with Gasteiger partial charge in [0.25, 0.3) is 0 Å². The zero-order chi connectivity index (χ0) is 12.8. The minimum Gasteiger partial charge on any atom is -0.465 e. The van der Waals surface area contributed by atoms with Crippen molar-refractivity contribution in [2.45, 2.75) is 26.7 Å². The number of nitrogens with zero attached hydrogens (tertiary/aromatic N) is 2. The first-order chi connectivity index (χ1) is 8.04. The fourth-order valence-corrected chi connectivity index (χ4v) is 2.07. The van der Waals surface area contributed by atoms with Gasteiger partial charge in [-0.3, -0.25) is 4.79 Å². The minimum absolute atomic E-state index is 0.0254. The lowest BCUT2D eigenvalue weighted by Gasteiger charge is -2.33. The summed E-state index contributed by atoms with van der Waals surface area (Å²) in [7, 11) is 1.64. The summed E-state index contributed by atoms with van der Waals surface area (Å²) in [6.45, 7) is 5.85. The second-order valence-corrected chi connectivity index (χ2v) is 4.64. The predicted molar refractivity (Wildman–Crippen MR) is 64.6 cm³/mol. The van der Waals surface area contributed by atoms with Crippen molar-refractivity contribution in [3.63, 3.8) is 0 Å². The number of amides is 2. The SMILES string of the molecule is CCOC(=O)CN(C)C(=O)N1CCCC(C)C1. The molecule has 0 aromatic rings. The van der Waals surface area contributed by atoms with Gasteiger partial charge in [-0.05, 0) is 25.7 Å². The van der Waals surface area contributed by atoms with Gasteiger partial charge in [0, 0.05) is 20.1 Å². The second-order valence-electron chi connectivity index (χ2n) is 4.64. The summed E-state index contributed by atoms with van der Waals surface area (Å²) in [6, 6.07) is -0.0791. The number of carbonyl (C=O) groups is 2. The van der Waals surface area contributed by atoms with E-state index in [1.165, 1.54) is 11.3 Å². The van der Waals surface area contributed by atoms with Crippen molar-refractivity contribution in [2.75, 3.05) is 33.3 Å². The molecule has 98 valence electrons. The molecule has 0 saturated carbocycles. The third-order valence-corrected chi connectivity index (χ3v) is 2.93. The number of ether oxygens (including phenoxy) is 1. The molecule has 1 unspecified atom stereocenters. The molecular weight excluding hydrogens is 220 g/mol. The average Bonchev–Trinajstić information content (AvgIpc) is 2.28. The van der Waals surface area contributed by atoms with Crippen LogP contribution in [0.1, 0.15) is 26.7 Å². The molecule has 1 saturated heterocycles. The molecule has 1 rings (SSSR count). The highest BCUT2D eigenvalue weighted by molar-refractivity contribution is 5.80. The van der Waals surface area contributed by atoms with Gasteiger partial charge in [-0.25, -0.2) is 4.79 Å². The van der Waals surface area contributed by atoms with Crippen molar-refractivity contribution in [1.29, 1.82) is 0 Å². The van der Waals surface area contributed by atoms with Crippen LogP contribution in [0, 0.1) is 5.92 Å². The van der Waals surface area contributed by atoms with E-state index >= 15 is 0 Å². The van der Waals surface area contributed by atoms with E-state index in [0.717, 1.165) is 19.5 Å². The number of urea groups is 1. The zero-order valence-electron chi connectivity index (χ0n) is 10.9. The molecule has 17 heavy (non-hydrogen) atoms. The van der Waals surface area contributed by atoms with E-state index in [4.69, 9.17) is 4.74 Å². The largest absolute Gasteiger partial charge is 0.465 e. The van der Waals surface area contributed by atoms with E-state index in [-0.39, 0.29) is 18.5 Å². The Balaban J connectivity index is 2.42. The zero-order valence-corrected chi connectivity index (χ0v) is 10.9. The Labute approximate surface area is 103 Å². The van der Waals surface area contributed by atoms with Gasteiger partial charge < -0.3 is 14.5 Å². The molecule has 0 aromatic carbocycles. The summed E-state index contributed by atoms with van der Waals surface area (Å²) in [5, 5.41) is 0. The highest BCUT2D eigenvalue weighted by Gasteiger charge is 2.24. The van der Waals surface area contributed by atoms with Crippen LogP contribution in [0.3, 0.4) is 0 Å². The lowest BCUT2D eigenvalue weighted by atomic mass is 10.0. The number of likely N-dealkylation sites (tertiary alicyclic amines) is 1. The first kappa shape index (κ1) is 13.8. The smallest absolute Gasteiger partial charge is 0.325 e. The summed E-state index contributed by atoms with van der Waals surface area (Å²) in [4.78, 5) is 26.5. The van der Waals surface area contributed by atoms with Crippen LogP contribution < -0.4 is 0 Å². The maximum atomic E-state index is 12.0. The van der Waals surface area contributed by atoms with Crippen molar-refractivity contribution in [1.82, 2.24) is 9.80 Å². The molecule has 1 fully saturated rings. The lowest BCUT2D eigenvalue weighted by molar-refractivity contribution is -0.143. The van der Waals surface area contributed by atoms with E-state index in [2.05, 4.69) is 6.92 Å². The van der Waals surface area contributed by atoms with Crippen LogP contribution in [-0.2, 0) is 9.53 Å². The summed E-state index contributed by atoms with van der Waals surface area (Å²) < 4.78 is 4.82. The Morgan fingerprint density at radius 2 is 2.18 bits per heavy atom. The molecule has 1 atom stereocenters. The molecule has 0 spiro atoms. The van der Waals surface area contributed by atoms with Crippen molar-refractivity contribution in [2.24, 2.45) is 5.92 Å². The van der Waals surface area contributed by atoms with E-state index in [9.17, 15) is 9.59 Å². The average molecular weight is 242 g/mol. The standard InChI is InChI=1S/C12H22N2O3/c1-4-17-11(15)9-13(3)12(16)14-7-5-6-10(2)8-14/h10H,4-9H2,1-3H3.